The zero-order valence-electron chi connectivity index (χ0n) is 8.95. The summed E-state index contributed by atoms with van der Waals surface area (Å²) < 4.78 is 13.0. The van der Waals surface area contributed by atoms with Crippen molar-refractivity contribution in [3.8, 4) is 11.1 Å². The molecule has 0 saturated carbocycles. The van der Waals surface area contributed by atoms with E-state index < -0.39 is 11.8 Å². The van der Waals surface area contributed by atoms with Crippen LogP contribution in [0.1, 0.15) is 10.4 Å². The van der Waals surface area contributed by atoms with E-state index in [1.54, 1.807) is 0 Å². The summed E-state index contributed by atoms with van der Waals surface area (Å²) in [7, 11) is 0. The Morgan fingerprint density at radius 3 is 2.39 bits per heavy atom. The van der Waals surface area contributed by atoms with E-state index in [9.17, 15) is 9.18 Å². The van der Waals surface area contributed by atoms with Gasteiger partial charge in [-0.2, -0.15) is 0 Å². The van der Waals surface area contributed by atoms with Crippen LogP contribution in [0.4, 0.5) is 4.39 Å². The van der Waals surface area contributed by atoms with Crippen molar-refractivity contribution >= 4 is 29.2 Å². The number of hydrogen-bond donors (Lipinski definition) is 1. The Hall–Kier alpha value is -1.58. The molecule has 92 valence electrons. The van der Waals surface area contributed by atoms with E-state index in [4.69, 9.17) is 28.3 Å². The van der Waals surface area contributed by atoms with Gasteiger partial charge in [0.05, 0.1) is 10.6 Å². The molecule has 0 aromatic heterocycles. The van der Waals surface area contributed by atoms with Gasteiger partial charge in [0.2, 0.25) is 0 Å². The van der Waals surface area contributed by atoms with Gasteiger partial charge in [-0.1, -0.05) is 23.2 Å². The fourth-order valence-corrected chi connectivity index (χ4v) is 2.07. The van der Waals surface area contributed by atoms with Gasteiger partial charge < -0.3 is 5.11 Å². The minimum absolute atomic E-state index is 0.0629. The predicted octanol–water partition coefficient (Wildman–Crippen LogP) is 4.50. The zero-order chi connectivity index (χ0) is 13.3. The van der Waals surface area contributed by atoms with Crippen LogP contribution in [0, 0.1) is 5.82 Å². The van der Waals surface area contributed by atoms with Gasteiger partial charge in [0.15, 0.2) is 0 Å². The molecule has 0 heterocycles. The van der Waals surface area contributed by atoms with Gasteiger partial charge in [-0.25, -0.2) is 9.18 Å². The lowest BCUT2D eigenvalue weighted by Crippen LogP contribution is -1.99. The lowest BCUT2D eigenvalue weighted by Gasteiger charge is -2.09. The van der Waals surface area contributed by atoms with Crippen molar-refractivity contribution in [3.05, 3.63) is 57.8 Å². The molecule has 2 rings (SSSR count). The maximum absolute atomic E-state index is 13.0. The molecule has 0 spiro atoms. The predicted molar refractivity (Wildman–Crippen MR) is 68.8 cm³/mol. The first kappa shape index (κ1) is 12.9. The normalized spacial score (nSPS) is 10.4. The minimum atomic E-state index is -1.10. The van der Waals surface area contributed by atoms with Crippen molar-refractivity contribution in [2.45, 2.75) is 0 Å². The highest BCUT2D eigenvalue weighted by molar-refractivity contribution is 6.34. The number of carbonyl (C=O) groups is 1. The highest BCUT2D eigenvalue weighted by atomic mass is 35.5. The van der Waals surface area contributed by atoms with E-state index in [2.05, 4.69) is 0 Å². The molecule has 0 bridgehead atoms. The Morgan fingerprint density at radius 1 is 1.06 bits per heavy atom. The summed E-state index contributed by atoms with van der Waals surface area (Å²) in [6, 6.07) is 8.13. The number of hydrogen-bond acceptors (Lipinski definition) is 1. The molecule has 0 radical (unpaired) electrons. The summed E-state index contributed by atoms with van der Waals surface area (Å²) in [5.74, 6) is -1.58. The van der Waals surface area contributed by atoms with Crippen LogP contribution in [0.25, 0.3) is 11.1 Å². The van der Waals surface area contributed by atoms with Crippen molar-refractivity contribution in [3.63, 3.8) is 0 Å². The standard InChI is InChI=1S/C13H7Cl2FO2/c14-7-1-3-10(13(17)18)11(5-7)9-4-2-8(16)6-12(9)15/h1-6H,(H,17,18). The SMILES string of the molecule is O=C(O)c1ccc(Cl)cc1-c1ccc(F)cc1Cl. The Kier molecular flexibility index (Phi) is 3.55. The van der Waals surface area contributed by atoms with Crippen molar-refractivity contribution in [1.29, 1.82) is 0 Å². The average molecular weight is 285 g/mol. The van der Waals surface area contributed by atoms with Crippen molar-refractivity contribution in [2.75, 3.05) is 0 Å². The van der Waals surface area contributed by atoms with Gasteiger partial charge in [-0.3, -0.25) is 0 Å². The number of carboxylic acids is 1. The van der Waals surface area contributed by atoms with Crippen molar-refractivity contribution in [2.24, 2.45) is 0 Å². The fourth-order valence-electron chi connectivity index (χ4n) is 1.63. The first-order valence-corrected chi connectivity index (χ1v) is 5.73. The molecule has 0 unspecified atom stereocenters. The summed E-state index contributed by atoms with van der Waals surface area (Å²) in [6.45, 7) is 0. The highest BCUT2D eigenvalue weighted by Crippen LogP contribution is 2.32. The van der Waals surface area contributed by atoms with Gasteiger partial charge in [0.25, 0.3) is 0 Å². The Bertz CT molecular complexity index is 626. The molecule has 2 aromatic carbocycles. The van der Waals surface area contributed by atoms with Gasteiger partial charge in [0.1, 0.15) is 5.82 Å². The van der Waals surface area contributed by atoms with Crippen molar-refractivity contribution < 1.29 is 14.3 Å². The molecular weight excluding hydrogens is 278 g/mol. The van der Waals surface area contributed by atoms with Gasteiger partial charge in [-0.05, 0) is 42.0 Å². The number of benzene rings is 2. The summed E-state index contributed by atoms with van der Waals surface area (Å²) in [4.78, 5) is 11.1. The molecule has 2 aromatic rings. The summed E-state index contributed by atoms with van der Waals surface area (Å²) >= 11 is 11.8. The zero-order valence-corrected chi connectivity index (χ0v) is 10.5. The van der Waals surface area contributed by atoms with Crippen LogP contribution in [0.3, 0.4) is 0 Å². The molecule has 5 heteroatoms. The number of halogens is 3. The second-order valence-corrected chi connectivity index (χ2v) is 4.46. The van der Waals surface area contributed by atoms with Gasteiger partial charge in [-0.15, -0.1) is 0 Å². The maximum atomic E-state index is 13.0. The summed E-state index contributed by atoms with van der Waals surface area (Å²) in [6.07, 6.45) is 0. The number of rotatable bonds is 2. The molecule has 0 atom stereocenters. The minimum Gasteiger partial charge on any atom is -0.478 e. The van der Waals surface area contributed by atoms with E-state index in [0.29, 0.717) is 16.1 Å². The molecule has 0 aliphatic carbocycles. The molecular formula is C13H7Cl2FO2. The number of carboxylic acid groups (broad SMARTS) is 1. The monoisotopic (exact) mass is 284 g/mol. The Balaban J connectivity index is 2.69. The first-order chi connectivity index (χ1) is 8.49. The fraction of sp³-hybridized carbons (Fsp3) is 0. The lowest BCUT2D eigenvalue weighted by atomic mass is 9.99. The quantitative estimate of drug-likeness (QED) is 0.882. The topological polar surface area (TPSA) is 37.3 Å². The largest absolute Gasteiger partial charge is 0.478 e. The Labute approximate surface area is 113 Å². The molecule has 0 amide bonds. The van der Waals surface area contributed by atoms with Crippen LogP contribution in [-0.4, -0.2) is 11.1 Å². The maximum Gasteiger partial charge on any atom is 0.336 e. The van der Waals surface area contributed by atoms with Crippen LogP contribution < -0.4 is 0 Å². The third-order valence-electron chi connectivity index (χ3n) is 2.43. The van der Waals surface area contributed by atoms with Crippen LogP contribution in [0.5, 0.6) is 0 Å². The Morgan fingerprint density at radius 2 is 1.78 bits per heavy atom. The third-order valence-corrected chi connectivity index (χ3v) is 2.98. The first-order valence-electron chi connectivity index (χ1n) is 4.97. The van der Waals surface area contributed by atoms with Crippen LogP contribution >= 0.6 is 23.2 Å². The second kappa shape index (κ2) is 4.96. The highest BCUT2D eigenvalue weighted by Gasteiger charge is 2.14. The molecule has 18 heavy (non-hydrogen) atoms. The van der Waals surface area contributed by atoms with Crippen LogP contribution in [0.2, 0.25) is 10.0 Å². The third kappa shape index (κ3) is 2.47. The molecule has 0 aliphatic heterocycles. The second-order valence-electron chi connectivity index (χ2n) is 3.62. The number of aromatic carboxylic acids is 1. The van der Waals surface area contributed by atoms with Gasteiger partial charge in [0, 0.05) is 10.6 Å². The van der Waals surface area contributed by atoms with E-state index in [-0.39, 0.29) is 10.6 Å². The van der Waals surface area contributed by atoms with E-state index in [1.807, 2.05) is 0 Å². The summed E-state index contributed by atoms with van der Waals surface area (Å²) in [5, 5.41) is 9.63. The molecule has 0 saturated heterocycles. The van der Waals surface area contributed by atoms with Crippen LogP contribution in [0.15, 0.2) is 36.4 Å². The van der Waals surface area contributed by atoms with Gasteiger partial charge >= 0.3 is 5.97 Å². The average Bonchev–Trinajstić information content (AvgIpc) is 2.28. The van der Waals surface area contributed by atoms with E-state index >= 15 is 0 Å². The molecule has 2 nitrogen and oxygen atoms in total. The van der Waals surface area contributed by atoms with E-state index in [0.717, 1.165) is 6.07 Å². The smallest absolute Gasteiger partial charge is 0.336 e. The van der Waals surface area contributed by atoms with Crippen LogP contribution in [-0.2, 0) is 0 Å². The van der Waals surface area contributed by atoms with Crippen molar-refractivity contribution in [1.82, 2.24) is 0 Å². The summed E-state index contributed by atoms with van der Waals surface area (Å²) in [5.41, 5.74) is 0.853. The van der Waals surface area contributed by atoms with E-state index in [1.165, 1.54) is 30.3 Å². The molecule has 0 fully saturated rings. The molecule has 1 N–H and O–H groups in total. The lowest BCUT2D eigenvalue weighted by molar-refractivity contribution is 0.0698. The molecule has 0 aliphatic rings.